The number of rotatable bonds is 7. The quantitative estimate of drug-likeness (QED) is 0.464. The smallest absolute Gasteiger partial charge is 0.293 e. The number of anilines is 2. The van der Waals surface area contributed by atoms with Crippen molar-refractivity contribution in [3.05, 3.63) is 57.6 Å². The van der Waals surface area contributed by atoms with Crippen molar-refractivity contribution in [1.82, 2.24) is 0 Å². The fourth-order valence-electron chi connectivity index (χ4n) is 3.58. The number of hydrogen-bond donors (Lipinski definition) is 3. The summed E-state index contributed by atoms with van der Waals surface area (Å²) >= 11 is 0. The van der Waals surface area contributed by atoms with Gasteiger partial charge in [-0.05, 0) is 50.5 Å². The number of nitrogens with one attached hydrogen (secondary N) is 2. The lowest BCUT2D eigenvalue weighted by Gasteiger charge is -2.23. The van der Waals surface area contributed by atoms with E-state index in [9.17, 15) is 23.6 Å². The highest BCUT2D eigenvalue weighted by atomic mass is 32.2. The van der Waals surface area contributed by atoms with Crippen molar-refractivity contribution in [3.8, 4) is 0 Å². The summed E-state index contributed by atoms with van der Waals surface area (Å²) in [6, 6.07) is 9.02. The van der Waals surface area contributed by atoms with Crippen LogP contribution < -0.4 is 10.0 Å². The Hall–Kier alpha value is -2.65. The minimum Gasteiger partial charge on any atom is -0.388 e. The molecule has 0 radical (unpaired) electrons. The van der Waals surface area contributed by atoms with E-state index in [0.717, 1.165) is 30.0 Å². The van der Waals surface area contributed by atoms with Gasteiger partial charge in [-0.2, -0.15) is 0 Å². The maximum atomic E-state index is 12.7. The van der Waals surface area contributed by atoms with E-state index in [1.54, 1.807) is 19.1 Å². The van der Waals surface area contributed by atoms with Crippen LogP contribution in [0, 0.1) is 24.0 Å². The SMILES string of the molecule is Cc1ccc(NS(=O)(=O)c2ccc(NCC3(O)CCCC3)c([N+](=O)[O-])c2)c(C)c1. The molecule has 1 aliphatic rings. The van der Waals surface area contributed by atoms with Gasteiger partial charge in [0.1, 0.15) is 5.69 Å². The third kappa shape index (κ3) is 4.86. The number of nitro groups is 1. The summed E-state index contributed by atoms with van der Waals surface area (Å²) in [5, 5.41) is 24.9. The molecule has 0 bridgehead atoms. The number of nitro benzene ring substituents is 1. The van der Waals surface area contributed by atoms with Gasteiger partial charge in [0.15, 0.2) is 0 Å². The Bertz CT molecular complexity index is 1030. The number of sulfonamides is 1. The lowest BCUT2D eigenvalue weighted by molar-refractivity contribution is -0.384. The average Bonchev–Trinajstić information content (AvgIpc) is 3.09. The third-order valence-corrected chi connectivity index (χ3v) is 6.61. The van der Waals surface area contributed by atoms with Crippen LogP contribution in [-0.4, -0.2) is 30.6 Å². The topological polar surface area (TPSA) is 122 Å². The van der Waals surface area contributed by atoms with Crippen LogP contribution in [0.15, 0.2) is 41.3 Å². The summed E-state index contributed by atoms with van der Waals surface area (Å²) < 4.78 is 28.0. The Morgan fingerprint density at radius 3 is 2.38 bits per heavy atom. The van der Waals surface area contributed by atoms with Crippen molar-refractivity contribution in [1.29, 1.82) is 0 Å². The molecule has 2 aromatic rings. The van der Waals surface area contributed by atoms with Gasteiger partial charge in [0.05, 0.1) is 21.1 Å². The zero-order valence-electron chi connectivity index (χ0n) is 16.4. The Balaban J connectivity index is 1.85. The van der Waals surface area contributed by atoms with Crippen LogP contribution in [0.5, 0.6) is 0 Å². The zero-order valence-corrected chi connectivity index (χ0v) is 17.3. The summed E-state index contributed by atoms with van der Waals surface area (Å²) in [5.74, 6) is 0. The Morgan fingerprint density at radius 1 is 1.10 bits per heavy atom. The van der Waals surface area contributed by atoms with Gasteiger partial charge in [-0.15, -0.1) is 0 Å². The van der Waals surface area contributed by atoms with Gasteiger partial charge in [0, 0.05) is 12.6 Å². The summed E-state index contributed by atoms with van der Waals surface area (Å²) in [6.45, 7) is 3.87. The number of aliphatic hydroxyl groups is 1. The van der Waals surface area contributed by atoms with Gasteiger partial charge < -0.3 is 10.4 Å². The molecule has 1 saturated carbocycles. The number of nitrogens with zero attached hydrogens (tertiary/aromatic N) is 1. The van der Waals surface area contributed by atoms with Gasteiger partial charge in [0.2, 0.25) is 0 Å². The van der Waals surface area contributed by atoms with Crippen LogP contribution in [0.3, 0.4) is 0 Å². The molecule has 2 aromatic carbocycles. The van der Waals surface area contributed by atoms with Crippen LogP contribution in [0.2, 0.25) is 0 Å². The van der Waals surface area contributed by atoms with E-state index in [0.29, 0.717) is 18.5 Å². The van der Waals surface area contributed by atoms with Crippen LogP contribution in [0.1, 0.15) is 36.8 Å². The summed E-state index contributed by atoms with van der Waals surface area (Å²) in [7, 11) is -4.00. The maximum Gasteiger partial charge on any atom is 0.293 e. The number of aryl methyl sites for hydroxylation is 2. The molecule has 0 heterocycles. The number of hydrogen-bond acceptors (Lipinski definition) is 6. The molecule has 0 aliphatic heterocycles. The molecule has 8 nitrogen and oxygen atoms in total. The van der Waals surface area contributed by atoms with Crippen LogP contribution >= 0.6 is 0 Å². The maximum absolute atomic E-state index is 12.7. The minimum absolute atomic E-state index is 0.181. The second-order valence-corrected chi connectivity index (χ2v) is 9.33. The molecule has 0 amide bonds. The van der Waals surface area contributed by atoms with E-state index in [4.69, 9.17) is 0 Å². The highest BCUT2D eigenvalue weighted by Crippen LogP contribution is 2.33. The molecule has 1 aliphatic carbocycles. The average molecular weight is 420 g/mol. The predicted octanol–water partition coefficient (Wildman–Crippen LogP) is 3.73. The number of benzene rings is 2. The van der Waals surface area contributed by atoms with Gasteiger partial charge in [-0.25, -0.2) is 8.42 Å². The van der Waals surface area contributed by atoms with Crippen molar-refractivity contribution >= 4 is 27.1 Å². The molecule has 1 fully saturated rings. The van der Waals surface area contributed by atoms with Gasteiger partial charge >= 0.3 is 0 Å². The first kappa shape index (κ1) is 21.1. The minimum atomic E-state index is -4.00. The standard InChI is InChI=1S/C20H25N3O5S/c1-14-5-7-17(15(2)11-14)22-29(27,28)16-6-8-18(19(12-16)23(25)26)21-13-20(24)9-3-4-10-20/h5-8,11-12,21-22,24H,3-4,9-10,13H2,1-2H3. The zero-order chi connectivity index (χ0) is 21.2. The normalized spacial score (nSPS) is 15.8. The largest absolute Gasteiger partial charge is 0.388 e. The van der Waals surface area contributed by atoms with E-state index in [-0.39, 0.29) is 22.8 Å². The molecular formula is C20H25N3O5S. The Kier molecular flexibility index (Phi) is 5.81. The van der Waals surface area contributed by atoms with E-state index < -0.39 is 20.5 Å². The molecule has 29 heavy (non-hydrogen) atoms. The first-order chi connectivity index (χ1) is 13.6. The van der Waals surface area contributed by atoms with Crippen molar-refractivity contribution in [3.63, 3.8) is 0 Å². The molecule has 0 unspecified atom stereocenters. The van der Waals surface area contributed by atoms with Crippen molar-refractivity contribution in [2.45, 2.75) is 50.0 Å². The molecule has 3 rings (SSSR count). The van der Waals surface area contributed by atoms with Crippen LogP contribution in [0.25, 0.3) is 0 Å². The third-order valence-electron chi connectivity index (χ3n) is 5.24. The molecule has 0 atom stereocenters. The molecule has 156 valence electrons. The monoisotopic (exact) mass is 419 g/mol. The second kappa shape index (κ2) is 8.00. The van der Waals surface area contributed by atoms with Crippen molar-refractivity contribution < 1.29 is 18.4 Å². The van der Waals surface area contributed by atoms with Gasteiger partial charge in [-0.1, -0.05) is 30.5 Å². The first-order valence-corrected chi connectivity index (χ1v) is 10.9. The van der Waals surface area contributed by atoms with E-state index in [1.807, 2.05) is 13.0 Å². The molecule has 0 aromatic heterocycles. The highest BCUT2D eigenvalue weighted by molar-refractivity contribution is 7.92. The lowest BCUT2D eigenvalue weighted by atomic mass is 10.0. The van der Waals surface area contributed by atoms with Crippen LogP contribution in [-0.2, 0) is 10.0 Å². The first-order valence-electron chi connectivity index (χ1n) is 9.44. The molecule has 3 N–H and O–H groups in total. The van der Waals surface area contributed by atoms with Crippen molar-refractivity contribution in [2.75, 3.05) is 16.6 Å². The Morgan fingerprint density at radius 2 is 1.76 bits per heavy atom. The van der Waals surface area contributed by atoms with E-state index in [1.165, 1.54) is 12.1 Å². The van der Waals surface area contributed by atoms with Crippen LogP contribution in [0.4, 0.5) is 17.1 Å². The second-order valence-electron chi connectivity index (χ2n) is 7.64. The summed E-state index contributed by atoms with van der Waals surface area (Å²) in [4.78, 5) is 10.7. The lowest BCUT2D eigenvalue weighted by Crippen LogP contribution is -2.33. The Labute approximate surface area is 170 Å². The molecule has 9 heteroatoms. The van der Waals surface area contributed by atoms with Gasteiger partial charge in [0.25, 0.3) is 15.7 Å². The molecule has 0 saturated heterocycles. The van der Waals surface area contributed by atoms with Gasteiger partial charge in [-0.3, -0.25) is 14.8 Å². The fourth-order valence-corrected chi connectivity index (χ4v) is 4.73. The van der Waals surface area contributed by atoms with E-state index in [2.05, 4.69) is 10.0 Å². The van der Waals surface area contributed by atoms with E-state index >= 15 is 0 Å². The predicted molar refractivity (Wildman–Crippen MR) is 112 cm³/mol. The summed E-state index contributed by atoms with van der Waals surface area (Å²) in [6.07, 6.45) is 3.11. The molecule has 0 spiro atoms. The highest BCUT2D eigenvalue weighted by Gasteiger charge is 2.31. The van der Waals surface area contributed by atoms with Crippen molar-refractivity contribution in [2.24, 2.45) is 0 Å². The fraction of sp³-hybridized carbons (Fsp3) is 0.400. The summed E-state index contributed by atoms with van der Waals surface area (Å²) in [5.41, 5.74) is 1.12. The molecular weight excluding hydrogens is 394 g/mol.